The van der Waals surface area contributed by atoms with Crippen LogP contribution in [-0.2, 0) is 6.42 Å². The van der Waals surface area contributed by atoms with Crippen LogP contribution in [0.1, 0.15) is 28.0 Å². The van der Waals surface area contributed by atoms with Gasteiger partial charge in [0.05, 0.1) is 5.69 Å². The molecule has 3 aromatic rings. The molecule has 0 aliphatic carbocycles. The molecule has 1 heterocycles. The van der Waals surface area contributed by atoms with Gasteiger partial charge in [-0.25, -0.2) is 13.6 Å². The number of aryl methyl sites for hydroxylation is 2. The number of urea groups is 1. The van der Waals surface area contributed by atoms with E-state index in [4.69, 9.17) is 0 Å². The first kappa shape index (κ1) is 23.9. The fourth-order valence-electron chi connectivity index (χ4n) is 3.21. The van der Waals surface area contributed by atoms with Crippen molar-refractivity contribution in [3.05, 3.63) is 77.0 Å². The van der Waals surface area contributed by atoms with Crippen molar-refractivity contribution in [1.29, 1.82) is 0 Å². The average Bonchev–Trinajstić information content (AvgIpc) is 3.27. The molecule has 0 unspecified atom stereocenters. The van der Waals surface area contributed by atoms with Gasteiger partial charge in [0, 0.05) is 43.5 Å². The Balaban J connectivity index is 1.34. The number of carbonyl (C=O) groups excluding carboxylic acids is 2. The molecule has 0 bridgehead atoms. The normalized spacial score (nSPS) is 10.7. The first-order valence-corrected chi connectivity index (χ1v) is 10.7. The number of halogens is 2. The van der Waals surface area contributed by atoms with Crippen LogP contribution in [0.2, 0.25) is 0 Å². The highest BCUT2D eigenvalue weighted by atomic mass is 19.1. The van der Waals surface area contributed by atoms with E-state index in [0.29, 0.717) is 36.2 Å². The van der Waals surface area contributed by atoms with Crippen molar-refractivity contribution in [2.75, 3.05) is 26.7 Å². The van der Waals surface area contributed by atoms with Crippen molar-refractivity contribution in [1.82, 2.24) is 25.7 Å². The van der Waals surface area contributed by atoms with Crippen LogP contribution in [0.5, 0.6) is 0 Å². The summed E-state index contributed by atoms with van der Waals surface area (Å²) in [6, 6.07) is 12.2. The van der Waals surface area contributed by atoms with Gasteiger partial charge in [0.1, 0.15) is 11.6 Å². The van der Waals surface area contributed by atoms with E-state index >= 15 is 0 Å². The molecule has 0 saturated carbocycles. The maximum atomic E-state index is 13.6. The van der Waals surface area contributed by atoms with Gasteiger partial charge in [-0.1, -0.05) is 18.2 Å². The molecule has 0 atom stereocenters. The first-order valence-electron chi connectivity index (χ1n) is 10.7. The molecule has 0 radical (unpaired) electrons. The second-order valence-corrected chi connectivity index (χ2v) is 7.77. The predicted octanol–water partition coefficient (Wildman–Crippen LogP) is 3.67. The van der Waals surface area contributed by atoms with Gasteiger partial charge in [0.2, 0.25) is 0 Å². The number of carbonyl (C=O) groups is 2. The summed E-state index contributed by atoms with van der Waals surface area (Å²) in [5.74, 6) is -1.14. The third kappa shape index (κ3) is 6.86. The summed E-state index contributed by atoms with van der Waals surface area (Å²) in [4.78, 5) is 25.8. The number of benzene rings is 2. The molecule has 0 spiro atoms. The number of hydrogen-bond donors (Lipinski definition) is 3. The highest BCUT2D eigenvalue weighted by molar-refractivity contribution is 5.94. The lowest BCUT2D eigenvalue weighted by Crippen LogP contribution is -2.41. The molecule has 3 N–H and O–H groups in total. The minimum atomic E-state index is -0.433. The van der Waals surface area contributed by atoms with Crippen LogP contribution >= 0.6 is 0 Å². The molecule has 9 heteroatoms. The van der Waals surface area contributed by atoms with Crippen molar-refractivity contribution >= 4 is 11.9 Å². The lowest BCUT2D eigenvalue weighted by molar-refractivity contribution is 0.0953. The summed E-state index contributed by atoms with van der Waals surface area (Å²) in [6.45, 7) is 2.63. The fourth-order valence-corrected chi connectivity index (χ4v) is 3.21. The summed E-state index contributed by atoms with van der Waals surface area (Å²) in [7, 11) is 1.69. The number of amides is 3. The quantitative estimate of drug-likeness (QED) is 0.430. The topological polar surface area (TPSA) is 90.1 Å². The molecule has 1 aromatic heterocycles. The van der Waals surface area contributed by atoms with Gasteiger partial charge < -0.3 is 15.5 Å². The van der Waals surface area contributed by atoms with Crippen LogP contribution in [0, 0.1) is 18.6 Å². The zero-order valence-corrected chi connectivity index (χ0v) is 18.6. The van der Waals surface area contributed by atoms with Crippen molar-refractivity contribution in [3.8, 4) is 11.3 Å². The van der Waals surface area contributed by atoms with Crippen molar-refractivity contribution in [2.24, 2.45) is 0 Å². The lowest BCUT2D eigenvalue weighted by Gasteiger charge is -2.17. The van der Waals surface area contributed by atoms with E-state index < -0.39 is 11.7 Å². The Morgan fingerprint density at radius 1 is 1.06 bits per heavy atom. The van der Waals surface area contributed by atoms with Gasteiger partial charge in [-0.3, -0.25) is 9.89 Å². The van der Waals surface area contributed by atoms with Gasteiger partial charge in [0.15, 0.2) is 0 Å². The summed E-state index contributed by atoms with van der Waals surface area (Å²) in [6.07, 6.45) is 1.40. The Hall–Kier alpha value is -3.75. The molecule has 7 nitrogen and oxygen atoms in total. The fraction of sp³-hybridized carbons (Fsp3) is 0.292. The third-order valence-corrected chi connectivity index (χ3v) is 5.16. The zero-order valence-electron chi connectivity index (χ0n) is 18.6. The molecule has 33 heavy (non-hydrogen) atoms. The summed E-state index contributed by atoms with van der Waals surface area (Å²) < 4.78 is 26.9. The molecule has 174 valence electrons. The van der Waals surface area contributed by atoms with Crippen LogP contribution < -0.4 is 10.6 Å². The molecular formula is C24H27F2N5O2. The van der Waals surface area contributed by atoms with Crippen molar-refractivity contribution in [2.45, 2.75) is 19.8 Å². The maximum absolute atomic E-state index is 13.6. The van der Waals surface area contributed by atoms with Gasteiger partial charge in [-0.2, -0.15) is 5.10 Å². The molecule has 0 fully saturated rings. The zero-order chi connectivity index (χ0) is 23.8. The number of nitrogens with one attached hydrogen (secondary N) is 3. The Labute approximate surface area is 191 Å². The molecule has 0 aliphatic rings. The smallest absolute Gasteiger partial charge is 0.317 e. The number of aromatic amines is 1. The molecule has 2 aromatic carbocycles. The van der Waals surface area contributed by atoms with Crippen molar-refractivity contribution < 1.29 is 18.4 Å². The molecule has 3 rings (SSSR count). The van der Waals surface area contributed by atoms with E-state index in [-0.39, 0.29) is 30.5 Å². The minimum Gasteiger partial charge on any atom is -0.350 e. The number of aromatic nitrogens is 2. The van der Waals surface area contributed by atoms with Crippen LogP contribution in [0.3, 0.4) is 0 Å². The second kappa shape index (κ2) is 11.2. The maximum Gasteiger partial charge on any atom is 0.317 e. The molecule has 0 aliphatic heterocycles. The highest BCUT2D eigenvalue weighted by Crippen LogP contribution is 2.19. The summed E-state index contributed by atoms with van der Waals surface area (Å²) >= 11 is 0. The Morgan fingerprint density at radius 3 is 2.61 bits per heavy atom. The van der Waals surface area contributed by atoms with Gasteiger partial charge in [-0.15, -0.1) is 0 Å². The first-order chi connectivity index (χ1) is 15.8. The van der Waals surface area contributed by atoms with Crippen molar-refractivity contribution in [3.63, 3.8) is 0 Å². The predicted molar refractivity (Wildman–Crippen MR) is 122 cm³/mol. The minimum absolute atomic E-state index is 0.227. The summed E-state index contributed by atoms with van der Waals surface area (Å²) in [5.41, 5.74) is 2.99. The van der Waals surface area contributed by atoms with Crippen LogP contribution in [0.4, 0.5) is 13.6 Å². The van der Waals surface area contributed by atoms with E-state index in [0.717, 1.165) is 5.69 Å². The average molecular weight is 456 g/mol. The number of rotatable bonds is 9. The summed E-state index contributed by atoms with van der Waals surface area (Å²) in [5, 5.41) is 12.5. The lowest BCUT2D eigenvalue weighted by atomic mass is 10.1. The van der Waals surface area contributed by atoms with E-state index in [2.05, 4.69) is 20.8 Å². The number of hydrogen-bond acceptors (Lipinski definition) is 3. The van der Waals surface area contributed by atoms with Gasteiger partial charge in [0.25, 0.3) is 5.91 Å². The van der Waals surface area contributed by atoms with Crippen LogP contribution in [0.15, 0.2) is 48.5 Å². The van der Waals surface area contributed by atoms with E-state index in [9.17, 15) is 18.4 Å². The van der Waals surface area contributed by atoms with Gasteiger partial charge in [-0.05, 0) is 55.7 Å². The number of H-pyrrole nitrogens is 1. The Morgan fingerprint density at radius 2 is 1.85 bits per heavy atom. The SMILES string of the molecule is Cc1ccc(C(=O)NCCNC(=O)N(C)CCCc2cc(-c3cccc(F)c3)n[nH]2)cc1F. The number of nitrogens with zero attached hydrogens (tertiary/aromatic N) is 2. The van der Waals surface area contributed by atoms with E-state index in [1.165, 1.54) is 18.2 Å². The molecule has 3 amide bonds. The highest BCUT2D eigenvalue weighted by Gasteiger charge is 2.11. The molecular weight excluding hydrogens is 428 g/mol. The van der Waals surface area contributed by atoms with Crippen LogP contribution in [-0.4, -0.2) is 53.7 Å². The largest absolute Gasteiger partial charge is 0.350 e. The standard InChI is InChI=1S/C24H27F2N5O2/c1-16-8-9-18(14-21(16)26)23(32)27-10-11-28-24(33)31(2)12-4-7-20-15-22(30-29-20)17-5-3-6-19(25)13-17/h3,5-6,8-9,13-15H,4,7,10-12H2,1-2H3,(H,27,32)(H,28,33)(H,29,30). The second-order valence-electron chi connectivity index (χ2n) is 7.77. The monoisotopic (exact) mass is 455 g/mol. The Kier molecular flexibility index (Phi) is 8.12. The van der Waals surface area contributed by atoms with Gasteiger partial charge >= 0.3 is 6.03 Å². The Bertz CT molecular complexity index is 1120. The third-order valence-electron chi connectivity index (χ3n) is 5.16. The molecule has 0 saturated heterocycles. The van der Waals surface area contributed by atoms with E-state index in [1.807, 2.05) is 6.07 Å². The van der Waals surface area contributed by atoms with E-state index in [1.54, 1.807) is 43.1 Å². The van der Waals surface area contributed by atoms with Crippen LogP contribution in [0.25, 0.3) is 11.3 Å².